The van der Waals surface area contributed by atoms with Crippen molar-refractivity contribution >= 4 is 17.6 Å². The summed E-state index contributed by atoms with van der Waals surface area (Å²) in [7, 11) is 0. The van der Waals surface area contributed by atoms with Gasteiger partial charge in [0.25, 0.3) is 5.91 Å². The van der Waals surface area contributed by atoms with Gasteiger partial charge in [-0.1, -0.05) is 78.9 Å². The molecule has 0 fully saturated rings. The molecule has 26 heavy (non-hydrogen) atoms. The van der Waals surface area contributed by atoms with E-state index in [1.54, 1.807) is 12.1 Å². The van der Waals surface area contributed by atoms with Crippen molar-refractivity contribution in [1.29, 1.82) is 0 Å². The van der Waals surface area contributed by atoms with Crippen LogP contribution < -0.4 is 5.43 Å². The molecule has 0 aromatic heterocycles. The number of carbonyl (C=O) groups excluding carboxylic acids is 1. The Bertz CT molecular complexity index is 967. The predicted octanol–water partition coefficient (Wildman–Crippen LogP) is 3.46. The molecule has 3 aromatic carbocycles. The molecule has 1 N–H and O–H groups in total. The van der Waals surface area contributed by atoms with Gasteiger partial charge in [-0.3, -0.25) is 10.2 Å². The molecule has 5 nitrogen and oxygen atoms in total. The van der Waals surface area contributed by atoms with Crippen LogP contribution in [-0.4, -0.2) is 22.6 Å². The summed E-state index contributed by atoms with van der Waals surface area (Å²) < 4.78 is 0. The van der Waals surface area contributed by atoms with Crippen LogP contribution in [0.3, 0.4) is 0 Å². The number of benzene rings is 3. The molecule has 0 atom stereocenters. The Morgan fingerprint density at radius 1 is 0.692 bits per heavy atom. The molecule has 0 aliphatic carbocycles. The van der Waals surface area contributed by atoms with Gasteiger partial charge in [-0.2, -0.15) is 5.01 Å². The van der Waals surface area contributed by atoms with Gasteiger partial charge < -0.3 is 0 Å². The van der Waals surface area contributed by atoms with Gasteiger partial charge in [-0.25, -0.2) is 0 Å². The quantitative estimate of drug-likeness (QED) is 0.794. The lowest BCUT2D eigenvalue weighted by molar-refractivity contribution is 0.0819. The van der Waals surface area contributed by atoms with Crippen LogP contribution >= 0.6 is 0 Å². The maximum absolute atomic E-state index is 13.1. The molecular weight excluding hydrogens is 324 g/mol. The number of nitrogens with zero attached hydrogens (tertiary/aromatic N) is 3. The average Bonchev–Trinajstić information content (AvgIpc) is 2.75. The van der Waals surface area contributed by atoms with Crippen molar-refractivity contribution < 1.29 is 4.79 Å². The van der Waals surface area contributed by atoms with Crippen LogP contribution in [-0.2, 0) is 0 Å². The number of amidine groups is 2. The van der Waals surface area contributed by atoms with E-state index in [0.29, 0.717) is 17.2 Å². The summed E-state index contributed by atoms with van der Waals surface area (Å²) in [5, 5.41) is 10.1. The van der Waals surface area contributed by atoms with E-state index in [1.807, 2.05) is 78.9 Å². The minimum atomic E-state index is -0.198. The zero-order valence-electron chi connectivity index (χ0n) is 13.9. The third kappa shape index (κ3) is 3.10. The van der Waals surface area contributed by atoms with Crippen molar-refractivity contribution in [3.05, 3.63) is 108 Å². The van der Waals surface area contributed by atoms with Crippen molar-refractivity contribution in [2.24, 2.45) is 10.2 Å². The van der Waals surface area contributed by atoms with Gasteiger partial charge in [0.2, 0.25) is 0 Å². The van der Waals surface area contributed by atoms with Crippen molar-refractivity contribution in [2.45, 2.75) is 0 Å². The van der Waals surface area contributed by atoms with Gasteiger partial charge in [0, 0.05) is 16.7 Å². The fourth-order valence-electron chi connectivity index (χ4n) is 2.67. The maximum atomic E-state index is 13.1. The van der Waals surface area contributed by atoms with Crippen molar-refractivity contribution in [3.8, 4) is 0 Å². The summed E-state index contributed by atoms with van der Waals surface area (Å²) in [4.78, 5) is 13.1. The molecule has 1 heterocycles. The number of carbonyl (C=O) groups is 1. The summed E-state index contributed by atoms with van der Waals surface area (Å²) in [6.45, 7) is 0. The van der Waals surface area contributed by atoms with Gasteiger partial charge in [0.1, 0.15) is 0 Å². The van der Waals surface area contributed by atoms with Gasteiger partial charge in [0.05, 0.1) is 0 Å². The first-order chi connectivity index (χ1) is 12.8. The standard InChI is InChI=1S/C21H16N4O/c26-21(18-14-8-3-9-15-18)25-20(17-12-6-2-7-13-17)23-22-19(24-25)16-10-4-1-5-11-16/h1-15H,(H,22,24). The first-order valence-corrected chi connectivity index (χ1v) is 8.25. The number of hydrazine groups is 1. The van der Waals surface area contributed by atoms with E-state index in [4.69, 9.17) is 0 Å². The molecule has 3 aromatic rings. The third-order valence-electron chi connectivity index (χ3n) is 3.98. The largest absolute Gasteiger partial charge is 0.278 e. The van der Waals surface area contributed by atoms with E-state index >= 15 is 0 Å². The highest BCUT2D eigenvalue weighted by Crippen LogP contribution is 2.14. The van der Waals surface area contributed by atoms with Crippen molar-refractivity contribution in [3.63, 3.8) is 0 Å². The smallest absolute Gasteiger partial charge is 0.271 e. The fraction of sp³-hybridized carbons (Fsp3) is 0. The molecule has 4 rings (SSSR count). The number of hydrogen-bond donors (Lipinski definition) is 1. The Morgan fingerprint density at radius 3 is 1.85 bits per heavy atom. The monoisotopic (exact) mass is 340 g/mol. The number of rotatable bonds is 3. The van der Waals surface area contributed by atoms with Crippen LogP contribution in [0.25, 0.3) is 0 Å². The molecule has 0 spiro atoms. The first kappa shape index (κ1) is 15.8. The van der Waals surface area contributed by atoms with Gasteiger partial charge in [-0.05, 0) is 12.1 Å². The van der Waals surface area contributed by atoms with Gasteiger partial charge in [0.15, 0.2) is 11.7 Å². The highest BCUT2D eigenvalue weighted by Gasteiger charge is 2.27. The van der Waals surface area contributed by atoms with E-state index in [-0.39, 0.29) is 5.91 Å². The summed E-state index contributed by atoms with van der Waals surface area (Å²) in [6.07, 6.45) is 0. The van der Waals surface area contributed by atoms with E-state index in [2.05, 4.69) is 15.6 Å². The summed E-state index contributed by atoms with van der Waals surface area (Å²) in [6, 6.07) is 28.2. The van der Waals surface area contributed by atoms with Crippen LogP contribution in [0.4, 0.5) is 0 Å². The normalized spacial score (nSPS) is 13.5. The topological polar surface area (TPSA) is 57.1 Å². The Labute approximate surface area is 151 Å². The zero-order chi connectivity index (χ0) is 17.8. The Morgan fingerprint density at radius 2 is 1.23 bits per heavy atom. The molecule has 0 radical (unpaired) electrons. The van der Waals surface area contributed by atoms with E-state index in [1.165, 1.54) is 5.01 Å². The van der Waals surface area contributed by atoms with E-state index in [9.17, 15) is 4.79 Å². The van der Waals surface area contributed by atoms with Gasteiger partial charge >= 0.3 is 0 Å². The van der Waals surface area contributed by atoms with Crippen LogP contribution in [0, 0.1) is 0 Å². The Hall–Kier alpha value is -3.73. The first-order valence-electron chi connectivity index (χ1n) is 8.25. The SMILES string of the molecule is O=C(c1ccccc1)N1NC(c2ccccc2)=NN=C1c1ccccc1. The lowest BCUT2D eigenvalue weighted by Crippen LogP contribution is -2.52. The second kappa shape index (κ2) is 7.03. The van der Waals surface area contributed by atoms with Crippen LogP contribution in [0.2, 0.25) is 0 Å². The summed E-state index contributed by atoms with van der Waals surface area (Å²) in [5.74, 6) is 0.783. The molecule has 5 heteroatoms. The van der Waals surface area contributed by atoms with Crippen molar-refractivity contribution in [2.75, 3.05) is 0 Å². The minimum Gasteiger partial charge on any atom is -0.271 e. The Balaban J connectivity index is 1.76. The zero-order valence-corrected chi connectivity index (χ0v) is 13.9. The van der Waals surface area contributed by atoms with Crippen molar-refractivity contribution in [1.82, 2.24) is 10.4 Å². The highest BCUT2D eigenvalue weighted by atomic mass is 16.2. The second-order valence-corrected chi connectivity index (χ2v) is 5.72. The molecule has 1 aliphatic rings. The lowest BCUT2D eigenvalue weighted by atomic mass is 10.1. The van der Waals surface area contributed by atoms with E-state index < -0.39 is 0 Å². The molecule has 0 saturated heterocycles. The number of nitrogens with one attached hydrogen (secondary N) is 1. The summed E-state index contributed by atoms with van der Waals surface area (Å²) >= 11 is 0. The predicted molar refractivity (Wildman–Crippen MR) is 102 cm³/mol. The molecule has 126 valence electrons. The highest BCUT2D eigenvalue weighted by molar-refractivity contribution is 6.15. The molecular formula is C21H16N4O. The molecule has 0 unspecified atom stereocenters. The lowest BCUT2D eigenvalue weighted by Gasteiger charge is -2.28. The average molecular weight is 340 g/mol. The molecule has 1 amide bonds. The molecule has 1 aliphatic heterocycles. The molecule has 0 bridgehead atoms. The van der Waals surface area contributed by atoms with Crippen LogP contribution in [0.1, 0.15) is 21.5 Å². The minimum absolute atomic E-state index is 0.198. The van der Waals surface area contributed by atoms with E-state index in [0.717, 1.165) is 11.1 Å². The second-order valence-electron chi connectivity index (χ2n) is 5.72. The maximum Gasteiger partial charge on any atom is 0.278 e. The Kier molecular flexibility index (Phi) is 4.26. The third-order valence-corrected chi connectivity index (χ3v) is 3.98. The van der Waals surface area contributed by atoms with Crippen LogP contribution in [0.15, 0.2) is 101 Å². The number of amides is 1. The summed E-state index contributed by atoms with van der Waals surface area (Å²) in [5.41, 5.74) is 5.35. The fourth-order valence-corrected chi connectivity index (χ4v) is 2.67. The number of hydrogen-bond acceptors (Lipinski definition) is 4. The van der Waals surface area contributed by atoms with Crippen LogP contribution in [0.5, 0.6) is 0 Å². The molecule has 0 saturated carbocycles. The van der Waals surface area contributed by atoms with Gasteiger partial charge in [-0.15, -0.1) is 10.2 Å².